The van der Waals surface area contributed by atoms with Crippen LogP contribution >= 0.6 is 0 Å². The van der Waals surface area contributed by atoms with Crippen molar-refractivity contribution in [2.45, 2.75) is 19.9 Å². The standard InChI is InChI=1S/C16H25N5O3/c1-12-14(10-18-19-12)9-17-16(23)13-8-15(22)21(11-13)3-2-20-4-6-24-7-5-20/h10,13H,2-9,11H2,1H3,(H,17,23)(H,18,19)/t13-/m1/s1. The van der Waals surface area contributed by atoms with E-state index in [2.05, 4.69) is 20.4 Å². The molecule has 24 heavy (non-hydrogen) atoms. The number of aromatic nitrogens is 2. The maximum atomic E-state index is 12.3. The van der Waals surface area contributed by atoms with Gasteiger partial charge in [-0.05, 0) is 6.92 Å². The van der Waals surface area contributed by atoms with Crippen LogP contribution in [0.4, 0.5) is 0 Å². The molecule has 3 heterocycles. The van der Waals surface area contributed by atoms with Crippen molar-refractivity contribution in [1.82, 2.24) is 25.3 Å². The molecule has 0 aliphatic carbocycles. The molecule has 0 spiro atoms. The summed E-state index contributed by atoms with van der Waals surface area (Å²) in [6, 6.07) is 0. The molecule has 0 radical (unpaired) electrons. The van der Waals surface area contributed by atoms with Gasteiger partial charge in [0.2, 0.25) is 11.8 Å². The van der Waals surface area contributed by atoms with Crippen LogP contribution in [0.5, 0.6) is 0 Å². The van der Waals surface area contributed by atoms with E-state index in [0.29, 0.717) is 26.1 Å². The minimum atomic E-state index is -0.255. The number of aromatic amines is 1. The summed E-state index contributed by atoms with van der Waals surface area (Å²) in [5.41, 5.74) is 1.92. The van der Waals surface area contributed by atoms with Crippen LogP contribution in [-0.4, -0.2) is 77.7 Å². The fourth-order valence-corrected chi connectivity index (χ4v) is 3.13. The van der Waals surface area contributed by atoms with Crippen molar-refractivity contribution in [3.05, 3.63) is 17.5 Å². The van der Waals surface area contributed by atoms with Gasteiger partial charge < -0.3 is 15.0 Å². The molecule has 2 fully saturated rings. The lowest BCUT2D eigenvalue weighted by molar-refractivity contribution is -0.129. The predicted molar refractivity (Wildman–Crippen MR) is 87.1 cm³/mol. The van der Waals surface area contributed by atoms with E-state index in [1.165, 1.54) is 0 Å². The van der Waals surface area contributed by atoms with Crippen molar-refractivity contribution in [2.75, 3.05) is 45.9 Å². The number of amides is 2. The molecule has 0 aromatic carbocycles. The lowest BCUT2D eigenvalue weighted by Crippen LogP contribution is -2.42. The number of ether oxygens (including phenoxy) is 1. The zero-order chi connectivity index (χ0) is 16.9. The topological polar surface area (TPSA) is 90.6 Å². The summed E-state index contributed by atoms with van der Waals surface area (Å²) in [6.45, 7) is 7.74. The number of likely N-dealkylation sites (tertiary alicyclic amines) is 1. The lowest BCUT2D eigenvalue weighted by Gasteiger charge is -2.28. The molecule has 3 rings (SSSR count). The third kappa shape index (κ3) is 4.12. The van der Waals surface area contributed by atoms with Crippen molar-refractivity contribution in [3.63, 3.8) is 0 Å². The van der Waals surface area contributed by atoms with E-state index >= 15 is 0 Å². The number of morpholine rings is 1. The first kappa shape index (κ1) is 16.9. The van der Waals surface area contributed by atoms with Gasteiger partial charge in [-0.2, -0.15) is 5.10 Å². The Bertz CT molecular complexity index is 582. The Kier molecular flexibility index (Phi) is 5.47. The second-order valence-corrected chi connectivity index (χ2v) is 6.43. The molecule has 2 aliphatic rings. The van der Waals surface area contributed by atoms with E-state index in [1.54, 1.807) is 6.20 Å². The molecule has 1 aromatic heterocycles. The Labute approximate surface area is 141 Å². The molecule has 2 aliphatic heterocycles. The first-order chi connectivity index (χ1) is 11.6. The normalized spacial score (nSPS) is 22.1. The number of hydrogen-bond donors (Lipinski definition) is 2. The minimum Gasteiger partial charge on any atom is -0.379 e. The third-order valence-electron chi connectivity index (χ3n) is 4.76. The predicted octanol–water partition coefficient (Wildman–Crippen LogP) is -0.485. The molecule has 1 atom stereocenters. The van der Waals surface area contributed by atoms with Crippen molar-refractivity contribution >= 4 is 11.8 Å². The summed E-state index contributed by atoms with van der Waals surface area (Å²) >= 11 is 0. The van der Waals surface area contributed by atoms with Crippen LogP contribution in [0.2, 0.25) is 0 Å². The number of nitrogens with zero attached hydrogens (tertiary/aromatic N) is 3. The van der Waals surface area contributed by atoms with Gasteiger partial charge in [-0.3, -0.25) is 19.6 Å². The van der Waals surface area contributed by atoms with Crippen LogP contribution in [0.1, 0.15) is 17.7 Å². The summed E-state index contributed by atoms with van der Waals surface area (Å²) < 4.78 is 5.33. The summed E-state index contributed by atoms with van der Waals surface area (Å²) in [4.78, 5) is 28.5. The average Bonchev–Trinajstić information content (AvgIpc) is 3.17. The Morgan fingerprint density at radius 2 is 2.21 bits per heavy atom. The van der Waals surface area contributed by atoms with Crippen LogP contribution in [0.3, 0.4) is 0 Å². The van der Waals surface area contributed by atoms with Crippen LogP contribution < -0.4 is 5.32 Å². The van der Waals surface area contributed by atoms with Crippen molar-refractivity contribution in [2.24, 2.45) is 5.92 Å². The highest BCUT2D eigenvalue weighted by Gasteiger charge is 2.34. The summed E-state index contributed by atoms with van der Waals surface area (Å²) in [7, 11) is 0. The highest BCUT2D eigenvalue weighted by Crippen LogP contribution is 2.18. The van der Waals surface area contributed by atoms with E-state index in [1.807, 2.05) is 11.8 Å². The number of hydrogen-bond acceptors (Lipinski definition) is 5. The number of rotatable bonds is 6. The summed E-state index contributed by atoms with van der Waals surface area (Å²) in [5.74, 6) is -0.241. The van der Waals surface area contributed by atoms with Gasteiger partial charge in [0.25, 0.3) is 0 Å². The maximum Gasteiger partial charge on any atom is 0.225 e. The molecule has 2 amide bonds. The average molecular weight is 335 g/mol. The zero-order valence-corrected chi connectivity index (χ0v) is 14.1. The highest BCUT2D eigenvalue weighted by molar-refractivity contribution is 5.89. The lowest BCUT2D eigenvalue weighted by atomic mass is 10.1. The van der Waals surface area contributed by atoms with Gasteiger partial charge in [-0.15, -0.1) is 0 Å². The third-order valence-corrected chi connectivity index (χ3v) is 4.76. The minimum absolute atomic E-state index is 0.0576. The second kappa shape index (κ2) is 7.76. The number of nitrogens with one attached hydrogen (secondary N) is 2. The largest absolute Gasteiger partial charge is 0.379 e. The van der Waals surface area contributed by atoms with Crippen LogP contribution in [0.25, 0.3) is 0 Å². The molecule has 132 valence electrons. The van der Waals surface area contributed by atoms with Crippen LogP contribution in [0.15, 0.2) is 6.20 Å². The number of carbonyl (C=O) groups excluding carboxylic acids is 2. The molecule has 0 saturated carbocycles. The number of H-pyrrole nitrogens is 1. The first-order valence-electron chi connectivity index (χ1n) is 8.48. The van der Waals surface area contributed by atoms with Gasteiger partial charge in [0, 0.05) is 56.9 Å². The quantitative estimate of drug-likeness (QED) is 0.732. The Balaban J connectivity index is 1.43. The first-order valence-corrected chi connectivity index (χ1v) is 8.48. The van der Waals surface area contributed by atoms with Crippen LogP contribution in [0, 0.1) is 12.8 Å². The fourth-order valence-electron chi connectivity index (χ4n) is 3.13. The maximum absolute atomic E-state index is 12.3. The summed E-state index contributed by atoms with van der Waals surface area (Å²) in [5, 5.41) is 9.69. The van der Waals surface area contributed by atoms with Gasteiger partial charge in [0.1, 0.15) is 0 Å². The Morgan fingerprint density at radius 1 is 1.42 bits per heavy atom. The highest BCUT2D eigenvalue weighted by atomic mass is 16.5. The Morgan fingerprint density at radius 3 is 2.92 bits per heavy atom. The van der Waals surface area contributed by atoms with Crippen LogP contribution in [-0.2, 0) is 20.9 Å². The SMILES string of the molecule is Cc1[nH]ncc1CNC(=O)[C@@H]1CC(=O)N(CCN2CCOCC2)C1. The molecular weight excluding hydrogens is 310 g/mol. The van der Waals surface area contributed by atoms with E-state index in [4.69, 9.17) is 4.74 Å². The van der Waals surface area contributed by atoms with Gasteiger partial charge in [-0.25, -0.2) is 0 Å². The number of aryl methyl sites for hydroxylation is 1. The van der Waals surface area contributed by atoms with Crippen molar-refractivity contribution < 1.29 is 14.3 Å². The molecule has 8 nitrogen and oxygen atoms in total. The zero-order valence-electron chi connectivity index (χ0n) is 14.1. The molecule has 0 unspecified atom stereocenters. The van der Waals surface area contributed by atoms with Gasteiger partial charge in [0.15, 0.2) is 0 Å². The van der Waals surface area contributed by atoms with Gasteiger partial charge in [-0.1, -0.05) is 0 Å². The Hall–Kier alpha value is -1.93. The summed E-state index contributed by atoms with van der Waals surface area (Å²) in [6.07, 6.45) is 2.02. The monoisotopic (exact) mass is 335 g/mol. The fraction of sp³-hybridized carbons (Fsp3) is 0.688. The molecule has 8 heteroatoms. The van der Waals surface area contributed by atoms with Gasteiger partial charge in [0.05, 0.1) is 25.3 Å². The molecule has 2 N–H and O–H groups in total. The van der Waals surface area contributed by atoms with Crippen molar-refractivity contribution in [1.29, 1.82) is 0 Å². The second-order valence-electron chi connectivity index (χ2n) is 6.43. The molecular formula is C16H25N5O3. The van der Waals surface area contributed by atoms with E-state index < -0.39 is 0 Å². The number of carbonyl (C=O) groups is 2. The molecule has 2 saturated heterocycles. The molecule has 0 bridgehead atoms. The van der Waals surface area contributed by atoms with Gasteiger partial charge >= 0.3 is 0 Å². The molecule has 1 aromatic rings. The van der Waals surface area contributed by atoms with Crippen molar-refractivity contribution in [3.8, 4) is 0 Å². The van der Waals surface area contributed by atoms with E-state index in [9.17, 15) is 9.59 Å². The van der Waals surface area contributed by atoms with E-state index in [0.717, 1.165) is 44.1 Å². The van der Waals surface area contributed by atoms with E-state index in [-0.39, 0.29) is 17.7 Å². The smallest absolute Gasteiger partial charge is 0.225 e.